The van der Waals surface area contributed by atoms with E-state index in [9.17, 15) is 0 Å². The van der Waals surface area contributed by atoms with E-state index in [0.29, 0.717) is 0 Å². The van der Waals surface area contributed by atoms with E-state index >= 15 is 0 Å². The van der Waals surface area contributed by atoms with Crippen LogP contribution < -0.4 is 5.73 Å². The first-order valence-corrected chi connectivity index (χ1v) is 6.69. The molecule has 0 aliphatic heterocycles. The van der Waals surface area contributed by atoms with Crippen LogP contribution in [0.15, 0.2) is 41.8 Å². The third kappa shape index (κ3) is 3.27. The maximum absolute atomic E-state index is 5.88. The van der Waals surface area contributed by atoms with Gasteiger partial charge >= 0.3 is 0 Å². The largest absolute Gasteiger partial charge is 0.398 e. The van der Waals surface area contributed by atoms with E-state index in [1.54, 1.807) is 0 Å². The molecule has 2 aromatic rings. The molecule has 0 saturated heterocycles. The molecular formula is C13H17N3S. The molecule has 3 nitrogen and oxygen atoms in total. The summed E-state index contributed by atoms with van der Waals surface area (Å²) < 4.78 is 2.10. The van der Waals surface area contributed by atoms with Crippen LogP contribution in [0.4, 0.5) is 5.69 Å². The molecule has 0 unspecified atom stereocenters. The minimum absolute atomic E-state index is 0.879. The van der Waals surface area contributed by atoms with Crippen LogP contribution in [0.5, 0.6) is 0 Å². The number of aromatic nitrogens is 2. The summed E-state index contributed by atoms with van der Waals surface area (Å²) in [6.07, 6.45) is 6.80. The molecule has 0 radical (unpaired) electrons. The topological polar surface area (TPSA) is 43.8 Å². The van der Waals surface area contributed by atoms with Gasteiger partial charge in [0.1, 0.15) is 0 Å². The molecule has 0 aliphatic rings. The van der Waals surface area contributed by atoms with Gasteiger partial charge in [0.05, 0.1) is 6.33 Å². The van der Waals surface area contributed by atoms with Gasteiger partial charge in [-0.25, -0.2) is 4.98 Å². The van der Waals surface area contributed by atoms with Crippen molar-refractivity contribution in [1.29, 1.82) is 0 Å². The first kappa shape index (κ1) is 12.0. The molecule has 2 rings (SSSR count). The average Bonchev–Trinajstić information content (AvgIpc) is 2.83. The Morgan fingerprint density at radius 1 is 1.41 bits per heavy atom. The Kier molecular flexibility index (Phi) is 4.09. The van der Waals surface area contributed by atoms with Gasteiger partial charge in [0, 0.05) is 29.5 Å². The third-order valence-electron chi connectivity index (χ3n) is 2.70. The van der Waals surface area contributed by atoms with E-state index in [2.05, 4.69) is 22.5 Å². The molecule has 1 heterocycles. The van der Waals surface area contributed by atoms with Crippen molar-refractivity contribution in [1.82, 2.24) is 9.55 Å². The second-order valence-electron chi connectivity index (χ2n) is 3.97. The summed E-state index contributed by atoms with van der Waals surface area (Å²) in [5.74, 6) is 1.10. The Morgan fingerprint density at radius 2 is 2.29 bits per heavy atom. The van der Waals surface area contributed by atoms with Gasteiger partial charge in [-0.05, 0) is 36.8 Å². The number of hydrogen-bond donors (Lipinski definition) is 1. The first-order valence-electron chi connectivity index (χ1n) is 5.71. The van der Waals surface area contributed by atoms with Crippen LogP contribution in [-0.2, 0) is 6.54 Å². The fourth-order valence-electron chi connectivity index (χ4n) is 1.64. The predicted molar refractivity (Wildman–Crippen MR) is 73.2 cm³/mol. The van der Waals surface area contributed by atoms with Crippen molar-refractivity contribution in [2.75, 3.05) is 11.5 Å². The third-order valence-corrected chi connectivity index (χ3v) is 3.95. The average molecular weight is 247 g/mol. The lowest BCUT2D eigenvalue weighted by molar-refractivity contribution is 0.683. The van der Waals surface area contributed by atoms with Crippen molar-refractivity contribution in [3.05, 3.63) is 42.5 Å². The van der Waals surface area contributed by atoms with Gasteiger partial charge in [-0.3, -0.25) is 0 Å². The molecule has 0 bridgehead atoms. The number of nitrogens with two attached hydrogens (primary N) is 1. The van der Waals surface area contributed by atoms with E-state index in [-0.39, 0.29) is 0 Å². The number of aryl methyl sites for hydroxylation is 1. The van der Waals surface area contributed by atoms with Crippen molar-refractivity contribution < 1.29 is 0 Å². The number of rotatable bonds is 5. The zero-order valence-electron chi connectivity index (χ0n) is 9.97. The summed E-state index contributed by atoms with van der Waals surface area (Å²) in [6.45, 7) is 3.10. The lowest BCUT2D eigenvalue weighted by Gasteiger charge is -2.07. The van der Waals surface area contributed by atoms with Crippen molar-refractivity contribution >= 4 is 17.4 Å². The smallest absolute Gasteiger partial charge is 0.0945 e. The Hall–Kier alpha value is -1.42. The maximum atomic E-state index is 5.88. The summed E-state index contributed by atoms with van der Waals surface area (Å²) >= 11 is 1.87. The molecule has 0 atom stereocenters. The standard InChI is InChI=1S/C13H17N3S/c1-11-12(14)4-2-5-13(11)17-9-3-7-16-8-6-15-10-16/h2,4-6,8,10H,3,7,9,14H2,1H3. The highest BCUT2D eigenvalue weighted by Crippen LogP contribution is 2.26. The predicted octanol–water partition coefficient (Wildman–Crippen LogP) is 2.96. The van der Waals surface area contributed by atoms with Gasteiger partial charge in [-0.1, -0.05) is 6.07 Å². The number of imidazole rings is 1. The summed E-state index contributed by atoms with van der Waals surface area (Å²) in [5.41, 5.74) is 7.95. The van der Waals surface area contributed by atoms with Crippen molar-refractivity contribution in [2.24, 2.45) is 0 Å². The molecule has 0 spiro atoms. The molecule has 4 heteroatoms. The minimum Gasteiger partial charge on any atom is -0.398 e. The fourth-order valence-corrected chi connectivity index (χ4v) is 2.64. The maximum Gasteiger partial charge on any atom is 0.0945 e. The Balaban J connectivity index is 1.80. The highest BCUT2D eigenvalue weighted by molar-refractivity contribution is 7.99. The quantitative estimate of drug-likeness (QED) is 0.502. The molecule has 1 aromatic heterocycles. The van der Waals surface area contributed by atoms with Gasteiger partial charge in [0.25, 0.3) is 0 Å². The van der Waals surface area contributed by atoms with Crippen LogP contribution in [0.2, 0.25) is 0 Å². The number of nitrogens with zero attached hydrogens (tertiary/aromatic N) is 2. The highest BCUT2D eigenvalue weighted by Gasteiger charge is 2.01. The summed E-state index contributed by atoms with van der Waals surface area (Å²) in [6, 6.07) is 6.10. The van der Waals surface area contributed by atoms with Crippen LogP contribution >= 0.6 is 11.8 Å². The van der Waals surface area contributed by atoms with E-state index in [0.717, 1.165) is 24.4 Å². The van der Waals surface area contributed by atoms with E-state index in [4.69, 9.17) is 5.73 Å². The zero-order chi connectivity index (χ0) is 12.1. The highest BCUT2D eigenvalue weighted by atomic mass is 32.2. The molecule has 0 amide bonds. The normalized spacial score (nSPS) is 10.6. The van der Waals surface area contributed by atoms with Crippen LogP contribution in [0.25, 0.3) is 0 Å². The molecule has 90 valence electrons. The van der Waals surface area contributed by atoms with Crippen LogP contribution in [0.3, 0.4) is 0 Å². The number of thioether (sulfide) groups is 1. The number of nitrogen functional groups attached to an aromatic ring is 1. The van der Waals surface area contributed by atoms with Gasteiger partial charge in [-0.15, -0.1) is 11.8 Å². The van der Waals surface area contributed by atoms with Gasteiger partial charge in [0.2, 0.25) is 0 Å². The van der Waals surface area contributed by atoms with Crippen LogP contribution in [0, 0.1) is 6.92 Å². The van der Waals surface area contributed by atoms with E-state index in [1.807, 2.05) is 42.6 Å². The summed E-state index contributed by atoms with van der Waals surface area (Å²) in [4.78, 5) is 5.31. The van der Waals surface area contributed by atoms with Crippen LogP contribution in [0.1, 0.15) is 12.0 Å². The monoisotopic (exact) mass is 247 g/mol. The Labute approximate surface area is 106 Å². The Morgan fingerprint density at radius 3 is 3.06 bits per heavy atom. The number of benzene rings is 1. The fraction of sp³-hybridized carbons (Fsp3) is 0.308. The van der Waals surface area contributed by atoms with Gasteiger partial charge in [-0.2, -0.15) is 0 Å². The molecule has 0 fully saturated rings. The first-order chi connectivity index (χ1) is 8.27. The second kappa shape index (κ2) is 5.77. The molecule has 2 N–H and O–H groups in total. The number of anilines is 1. The van der Waals surface area contributed by atoms with Crippen molar-refractivity contribution in [3.63, 3.8) is 0 Å². The summed E-state index contributed by atoms with van der Waals surface area (Å²) in [5, 5.41) is 0. The molecule has 0 saturated carbocycles. The van der Waals surface area contributed by atoms with Crippen molar-refractivity contribution in [3.8, 4) is 0 Å². The Bertz CT molecular complexity index is 466. The number of hydrogen-bond acceptors (Lipinski definition) is 3. The van der Waals surface area contributed by atoms with Gasteiger partial charge in [0.15, 0.2) is 0 Å². The van der Waals surface area contributed by atoms with Gasteiger partial charge < -0.3 is 10.3 Å². The van der Waals surface area contributed by atoms with E-state index in [1.165, 1.54) is 10.5 Å². The van der Waals surface area contributed by atoms with Crippen LogP contribution in [-0.4, -0.2) is 15.3 Å². The zero-order valence-corrected chi connectivity index (χ0v) is 10.8. The molecule has 0 aliphatic carbocycles. The lowest BCUT2D eigenvalue weighted by atomic mass is 10.2. The molecular weight excluding hydrogens is 230 g/mol. The molecule has 17 heavy (non-hydrogen) atoms. The summed E-state index contributed by atoms with van der Waals surface area (Å²) in [7, 11) is 0. The van der Waals surface area contributed by atoms with Crippen molar-refractivity contribution in [2.45, 2.75) is 24.8 Å². The van der Waals surface area contributed by atoms with E-state index < -0.39 is 0 Å². The SMILES string of the molecule is Cc1c(N)cccc1SCCCn1ccnc1. The minimum atomic E-state index is 0.879. The lowest BCUT2D eigenvalue weighted by Crippen LogP contribution is -1.96. The molecule has 1 aromatic carbocycles. The second-order valence-corrected chi connectivity index (χ2v) is 5.11.